The molecule has 0 bridgehead atoms. The molecule has 72 heavy (non-hydrogen) atoms. The first kappa shape index (κ1) is 69.6. The summed E-state index contributed by atoms with van der Waals surface area (Å²) < 4.78 is 17.5. The molecule has 1 atom stereocenters. The first-order valence-electron chi connectivity index (χ1n) is 31.8. The van der Waals surface area contributed by atoms with Crippen LogP contribution in [0.5, 0.6) is 0 Å². The Labute approximate surface area is 449 Å². The van der Waals surface area contributed by atoms with E-state index in [1.165, 1.54) is 225 Å². The second-order valence-corrected chi connectivity index (χ2v) is 21.3. The molecule has 0 amide bonds. The van der Waals surface area contributed by atoms with Crippen molar-refractivity contribution < 1.29 is 23.8 Å². The number of hydrogen-bond acceptors (Lipinski definition) is 5. The molecule has 0 N–H and O–H groups in total. The maximum absolute atomic E-state index is 12.9. The minimum Gasteiger partial charge on any atom is -0.462 e. The number of carbonyl (C=O) groups is 2. The number of rotatable bonds is 59. The summed E-state index contributed by atoms with van der Waals surface area (Å²) in [5, 5.41) is 0. The van der Waals surface area contributed by atoms with Gasteiger partial charge in [0.2, 0.25) is 0 Å². The maximum atomic E-state index is 12.9. The van der Waals surface area contributed by atoms with E-state index in [1.807, 2.05) is 0 Å². The molecule has 0 rings (SSSR count). The maximum Gasteiger partial charge on any atom is 0.306 e. The molecule has 0 aliphatic heterocycles. The molecule has 0 aromatic rings. The van der Waals surface area contributed by atoms with Crippen LogP contribution in [0, 0.1) is 0 Å². The van der Waals surface area contributed by atoms with E-state index >= 15 is 0 Å². The van der Waals surface area contributed by atoms with Gasteiger partial charge < -0.3 is 14.2 Å². The highest BCUT2D eigenvalue weighted by Crippen LogP contribution is 2.17. The third kappa shape index (κ3) is 60.2. The standard InChI is InChI=1S/C67H122O5/c1-4-7-10-13-16-19-22-25-28-31-34-36-39-42-45-48-51-54-57-60-66(68)71-64-65(63-70-62-59-56-53-50-47-44-41-38-33-30-27-24-21-18-15-12-9-6-3)72-67(69)61-58-55-52-49-46-43-40-37-35-32-29-26-23-20-17-14-11-8-5-2/h9,12,18,21,25,27-28,30,38,41,65H,4-8,10-11,13-17,19-20,22-24,26,29,31-37,39-40,42-64H2,1-3H3/b12-9-,21-18-,28-25-,30-27-,41-38-. The van der Waals surface area contributed by atoms with E-state index < -0.39 is 6.10 Å². The van der Waals surface area contributed by atoms with Gasteiger partial charge in [-0.25, -0.2) is 0 Å². The lowest BCUT2D eigenvalue weighted by Gasteiger charge is -2.18. The van der Waals surface area contributed by atoms with Crippen molar-refractivity contribution in [3.05, 3.63) is 60.8 Å². The van der Waals surface area contributed by atoms with Gasteiger partial charge in [0.15, 0.2) is 6.10 Å². The lowest BCUT2D eigenvalue weighted by Crippen LogP contribution is -2.30. The number of esters is 2. The van der Waals surface area contributed by atoms with Crippen molar-refractivity contribution in [1.29, 1.82) is 0 Å². The van der Waals surface area contributed by atoms with E-state index in [4.69, 9.17) is 14.2 Å². The zero-order chi connectivity index (χ0) is 52.0. The van der Waals surface area contributed by atoms with Gasteiger partial charge in [-0.3, -0.25) is 9.59 Å². The van der Waals surface area contributed by atoms with Crippen LogP contribution < -0.4 is 0 Å². The lowest BCUT2D eigenvalue weighted by molar-refractivity contribution is -0.163. The van der Waals surface area contributed by atoms with Crippen LogP contribution in [0.1, 0.15) is 329 Å². The molecule has 5 heteroatoms. The molecule has 0 aliphatic rings. The Morgan fingerprint density at radius 3 is 1.01 bits per heavy atom. The van der Waals surface area contributed by atoms with Crippen molar-refractivity contribution in [2.75, 3.05) is 19.8 Å². The van der Waals surface area contributed by atoms with Crippen LogP contribution in [-0.2, 0) is 23.8 Å². The highest BCUT2D eigenvalue weighted by atomic mass is 16.6. The second-order valence-electron chi connectivity index (χ2n) is 21.3. The summed E-state index contributed by atoms with van der Waals surface area (Å²) in [4.78, 5) is 25.6. The topological polar surface area (TPSA) is 61.8 Å². The smallest absolute Gasteiger partial charge is 0.306 e. The van der Waals surface area contributed by atoms with Gasteiger partial charge >= 0.3 is 11.9 Å². The predicted molar refractivity (Wildman–Crippen MR) is 316 cm³/mol. The van der Waals surface area contributed by atoms with E-state index in [0.29, 0.717) is 19.4 Å². The second kappa shape index (κ2) is 62.9. The Morgan fingerprint density at radius 2 is 0.625 bits per heavy atom. The summed E-state index contributed by atoms with van der Waals surface area (Å²) in [6.45, 7) is 7.73. The van der Waals surface area contributed by atoms with Crippen molar-refractivity contribution >= 4 is 11.9 Å². The minimum atomic E-state index is -0.547. The predicted octanol–water partition coefficient (Wildman–Crippen LogP) is 22.0. The van der Waals surface area contributed by atoms with Crippen LogP contribution in [0.15, 0.2) is 60.8 Å². The van der Waals surface area contributed by atoms with E-state index in [0.717, 1.165) is 70.6 Å². The van der Waals surface area contributed by atoms with Crippen molar-refractivity contribution in [2.45, 2.75) is 335 Å². The Morgan fingerprint density at radius 1 is 0.319 bits per heavy atom. The summed E-state index contributed by atoms with van der Waals surface area (Å²) in [7, 11) is 0. The Bertz CT molecular complexity index is 1230. The number of ether oxygens (including phenoxy) is 3. The van der Waals surface area contributed by atoms with E-state index in [9.17, 15) is 9.59 Å². The first-order valence-corrected chi connectivity index (χ1v) is 31.8. The zero-order valence-electron chi connectivity index (χ0n) is 48.5. The molecule has 0 heterocycles. The van der Waals surface area contributed by atoms with Crippen molar-refractivity contribution in [3.63, 3.8) is 0 Å². The highest BCUT2D eigenvalue weighted by molar-refractivity contribution is 5.70. The Balaban J connectivity index is 4.28. The first-order chi connectivity index (χ1) is 35.6. The minimum absolute atomic E-state index is 0.0793. The molecule has 420 valence electrons. The molecule has 0 aromatic carbocycles. The number of hydrogen-bond donors (Lipinski definition) is 0. The van der Waals surface area contributed by atoms with E-state index in [-0.39, 0.29) is 25.2 Å². The van der Waals surface area contributed by atoms with Gasteiger partial charge in [-0.15, -0.1) is 0 Å². The lowest BCUT2D eigenvalue weighted by atomic mass is 10.0. The number of carbonyl (C=O) groups excluding carboxylic acids is 2. The van der Waals surface area contributed by atoms with E-state index in [1.54, 1.807) is 0 Å². The highest BCUT2D eigenvalue weighted by Gasteiger charge is 2.18. The van der Waals surface area contributed by atoms with Gasteiger partial charge in [-0.1, -0.05) is 293 Å². The van der Waals surface area contributed by atoms with Crippen LogP contribution in [0.2, 0.25) is 0 Å². The van der Waals surface area contributed by atoms with Gasteiger partial charge in [-0.05, 0) is 83.5 Å². The molecular weight excluding hydrogens is 885 g/mol. The average molecular weight is 1010 g/mol. The fourth-order valence-electron chi connectivity index (χ4n) is 9.32. The Hall–Kier alpha value is -2.40. The normalized spacial score (nSPS) is 12.5. The quantitative estimate of drug-likeness (QED) is 0.0345. The van der Waals surface area contributed by atoms with Gasteiger partial charge in [0.1, 0.15) is 6.61 Å². The van der Waals surface area contributed by atoms with Crippen molar-refractivity contribution in [2.24, 2.45) is 0 Å². The Kier molecular flexibility index (Phi) is 60.8. The van der Waals surface area contributed by atoms with Crippen LogP contribution in [0.4, 0.5) is 0 Å². The van der Waals surface area contributed by atoms with Crippen LogP contribution >= 0.6 is 0 Å². The SMILES string of the molecule is CC/C=C\C/C=C\C/C=C\C/C=C\CCCCCCCOCC(COC(=O)CCCCCCCCCCC/C=C\CCCCCCCC)OC(=O)CCCCCCCCCCCCCCCCCCCCC. The summed E-state index contributed by atoms with van der Waals surface area (Å²) in [5.74, 6) is -0.392. The largest absolute Gasteiger partial charge is 0.462 e. The van der Waals surface area contributed by atoms with Gasteiger partial charge in [0.05, 0.1) is 6.61 Å². The third-order valence-electron chi connectivity index (χ3n) is 14.0. The van der Waals surface area contributed by atoms with E-state index in [2.05, 4.69) is 81.5 Å². The average Bonchev–Trinajstić information content (AvgIpc) is 3.38. The summed E-state index contributed by atoms with van der Waals surface area (Å²) in [6, 6.07) is 0. The van der Waals surface area contributed by atoms with Crippen LogP contribution in [-0.4, -0.2) is 37.9 Å². The molecular formula is C67H122O5. The van der Waals surface area contributed by atoms with Crippen LogP contribution in [0.25, 0.3) is 0 Å². The van der Waals surface area contributed by atoms with Crippen molar-refractivity contribution in [3.8, 4) is 0 Å². The summed E-state index contributed by atoms with van der Waals surface area (Å²) in [6.07, 6.45) is 81.2. The van der Waals surface area contributed by atoms with Gasteiger partial charge in [0.25, 0.3) is 0 Å². The molecule has 0 aromatic heterocycles. The molecule has 0 saturated carbocycles. The van der Waals surface area contributed by atoms with Crippen LogP contribution in [0.3, 0.4) is 0 Å². The molecule has 1 unspecified atom stereocenters. The molecule has 0 spiro atoms. The fraction of sp³-hybridized carbons (Fsp3) is 0.821. The van der Waals surface area contributed by atoms with Gasteiger partial charge in [0, 0.05) is 19.4 Å². The molecule has 0 aliphatic carbocycles. The number of allylic oxidation sites excluding steroid dienone is 10. The fourth-order valence-corrected chi connectivity index (χ4v) is 9.32. The zero-order valence-corrected chi connectivity index (χ0v) is 48.5. The third-order valence-corrected chi connectivity index (χ3v) is 14.0. The summed E-state index contributed by atoms with van der Waals surface area (Å²) >= 11 is 0. The molecule has 0 saturated heterocycles. The van der Waals surface area contributed by atoms with Crippen molar-refractivity contribution in [1.82, 2.24) is 0 Å². The number of unbranched alkanes of at least 4 members (excludes halogenated alkanes) is 38. The van der Waals surface area contributed by atoms with Gasteiger partial charge in [-0.2, -0.15) is 0 Å². The molecule has 5 nitrogen and oxygen atoms in total. The molecule has 0 fully saturated rings. The molecule has 0 radical (unpaired) electrons. The monoisotopic (exact) mass is 1010 g/mol. The summed E-state index contributed by atoms with van der Waals surface area (Å²) in [5.41, 5.74) is 0.